The number of hydrogen-bond acceptors (Lipinski definition) is 6. The molecule has 2 bridgehead atoms. The summed E-state index contributed by atoms with van der Waals surface area (Å²) >= 11 is 0. The minimum Gasteiger partial charge on any atom is -0.490 e. The van der Waals surface area contributed by atoms with E-state index in [0.717, 1.165) is 37.9 Å². The molecule has 7 fully saturated rings. The summed E-state index contributed by atoms with van der Waals surface area (Å²) in [4.78, 5) is 0. The Labute approximate surface area is 264 Å². The Kier molecular flexibility index (Phi) is 5.92. The fourth-order valence-corrected chi connectivity index (χ4v) is 13.9. The lowest BCUT2D eigenvalue weighted by Gasteiger charge is -2.64. The Hall–Kier alpha value is -1.18. The molecule has 0 amide bonds. The molecule has 244 valence electrons. The largest absolute Gasteiger partial charge is 0.490 e. The van der Waals surface area contributed by atoms with Crippen LogP contribution in [-0.4, -0.2) is 57.2 Å². The number of rotatable bonds is 3. The first-order valence-corrected chi connectivity index (χ1v) is 17.6. The molecule has 3 spiro atoms. The highest BCUT2D eigenvalue weighted by Gasteiger charge is 2.86. The zero-order valence-corrected chi connectivity index (χ0v) is 28.3. The SMILES string of the molecule is Cc1cc(C)cc(OC2CC[C@]34C[C@]35CC[C@]36CO[C@@]7(C(C)(C)O)CCC(C)(O7)[C@H]3C(O)C(O)[C@@]6(C)C5CCC4C2(C)C)c1. The number of fused-ring (bicyclic) bond motifs is 4. The minimum atomic E-state index is -1.17. The second-order valence-electron chi connectivity index (χ2n) is 18.3. The summed E-state index contributed by atoms with van der Waals surface area (Å²) in [7, 11) is 0. The van der Waals surface area contributed by atoms with Crippen molar-refractivity contribution < 1.29 is 29.5 Å². The summed E-state index contributed by atoms with van der Waals surface area (Å²) in [6.07, 6.45) is 7.51. The highest BCUT2D eigenvalue weighted by Crippen LogP contribution is 2.89. The Morgan fingerprint density at radius 3 is 2.14 bits per heavy atom. The van der Waals surface area contributed by atoms with Gasteiger partial charge in [0.25, 0.3) is 0 Å². The van der Waals surface area contributed by atoms with Crippen LogP contribution in [-0.2, 0) is 9.47 Å². The van der Waals surface area contributed by atoms with Crippen LogP contribution in [0.2, 0.25) is 0 Å². The monoisotopic (exact) mass is 608 g/mol. The molecule has 3 N–H and O–H groups in total. The van der Waals surface area contributed by atoms with E-state index in [2.05, 4.69) is 59.7 Å². The van der Waals surface area contributed by atoms with Gasteiger partial charge in [-0.1, -0.05) is 26.8 Å². The van der Waals surface area contributed by atoms with Crippen molar-refractivity contribution in [1.29, 1.82) is 0 Å². The van der Waals surface area contributed by atoms with Gasteiger partial charge in [-0.3, -0.25) is 0 Å². The number of ether oxygens (including phenoxy) is 3. The first-order chi connectivity index (χ1) is 20.4. The maximum atomic E-state index is 12.2. The van der Waals surface area contributed by atoms with Crippen molar-refractivity contribution >= 4 is 0 Å². The maximum absolute atomic E-state index is 12.2. The van der Waals surface area contributed by atoms with E-state index in [4.69, 9.17) is 14.2 Å². The van der Waals surface area contributed by atoms with E-state index in [9.17, 15) is 15.3 Å². The van der Waals surface area contributed by atoms with Gasteiger partial charge in [0.05, 0.1) is 24.4 Å². The quantitative estimate of drug-likeness (QED) is 0.364. The molecule has 0 radical (unpaired) electrons. The van der Waals surface area contributed by atoms with Crippen LogP contribution in [0.1, 0.15) is 110 Å². The van der Waals surface area contributed by atoms with E-state index < -0.39 is 40.0 Å². The molecule has 6 unspecified atom stereocenters. The predicted molar refractivity (Wildman–Crippen MR) is 168 cm³/mol. The molecule has 7 aliphatic rings. The predicted octanol–water partition coefficient (Wildman–Crippen LogP) is 6.48. The molecule has 2 aliphatic heterocycles. The smallest absolute Gasteiger partial charge is 0.197 e. The minimum absolute atomic E-state index is 0.0434. The lowest BCUT2D eigenvalue weighted by Crippen LogP contribution is -2.63. The Bertz CT molecular complexity index is 1360. The molecule has 2 saturated heterocycles. The third-order valence-electron chi connectivity index (χ3n) is 15.8. The molecule has 0 aromatic heterocycles. The summed E-state index contributed by atoms with van der Waals surface area (Å²) in [5, 5.41) is 35.5. The third kappa shape index (κ3) is 3.31. The molecule has 1 aromatic rings. The second kappa shape index (κ2) is 8.64. The van der Waals surface area contributed by atoms with Crippen molar-refractivity contribution in [1.82, 2.24) is 0 Å². The zero-order chi connectivity index (χ0) is 31.5. The van der Waals surface area contributed by atoms with Gasteiger partial charge in [0.2, 0.25) is 0 Å². The number of aryl methyl sites for hydroxylation is 2. The molecular formula is C38H56O6. The van der Waals surface area contributed by atoms with Crippen molar-refractivity contribution in [3.05, 3.63) is 29.3 Å². The summed E-state index contributed by atoms with van der Waals surface area (Å²) in [5.41, 5.74) is 0.272. The van der Waals surface area contributed by atoms with Gasteiger partial charge < -0.3 is 29.5 Å². The van der Waals surface area contributed by atoms with Crippen LogP contribution in [0.15, 0.2) is 18.2 Å². The van der Waals surface area contributed by atoms with Crippen LogP contribution in [0.5, 0.6) is 5.75 Å². The number of hydrogen-bond donors (Lipinski definition) is 3. The molecule has 44 heavy (non-hydrogen) atoms. The van der Waals surface area contributed by atoms with Crippen LogP contribution in [0.3, 0.4) is 0 Å². The normalized spacial score (nSPS) is 53.4. The van der Waals surface area contributed by atoms with E-state index in [1.165, 1.54) is 24.0 Å². The molecular weight excluding hydrogens is 552 g/mol. The summed E-state index contributed by atoms with van der Waals surface area (Å²) in [6, 6.07) is 6.57. The van der Waals surface area contributed by atoms with Crippen molar-refractivity contribution in [3.8, 4) is 5.75 Å². The topological polar surface area (TPSA) is 88.4 Å². The second-order valence-corrected chi connectivity index (χ2v) is 18.3. The van der Waals surface area contributed by atoms with Gasteiger partial charge in [-0.25, -0.2) is 0 Å². The summed E-state index contributed by atoms with van der Waals surface area (Å²) in [5.74, 6) is 0.583. The number of benzene rings is 1. The van der Waals surface area contributed by atoms with Crippen LogP contribution >= 0.6 is 0 Å². The van der Waals surface area contributed by atoms with Crippen molar-refractivity contribution in [2.75, 3.05) is 6.61 Å². The lowest BCUT2D eigenvalue weighted by molar-refractivity contribution is -0.316. The van der Waals surface area contributed by atoms with Gasteiger partial charge >= 0.3 is 0 Å². The average molecular weight is 609 g/mol. The third-order valence-corrected chi connectivity index (χ3v) is 15.8. The zero-order valence-electron chi connectivity index (χ0n) is 28.3. The van der Waals surface area contributed by atoms with Crippen LogP contribution in [0.4, 0.5) is 0 Å². The van der Waals surface area contributed by atoms with Crippen LogP contribution < -0.4 is 4.74 Å². The van der Waals surface area contributed by atoms with E-state index in [1.54, 1.807) is 13.8 Å². The molecule has 1 aromatic carbocycles. The molecule has 5 saturated carbocycles. The maximum Gasteiger partial charge on any atom is 0.197 e. The van der Waals surface area contributed by atoms with Crippen molar-refractivity contribution in [3.63, 3.8) is 0 Å². The molecule has 8 rings (SSSR count). The van der Waals surface area contributed by atoms with Crippen molar-refractivity contribution in [2.45, 2.75) is 148 Å². The fraction of sp³-hybridized carbons (Fsp3) is 0.842. The number of aliphatic hydroxyl groups is 3. The lowest BCUT2D eigenvalue weighted by atomic mass is 9.41. The first-order valence-electron chi connectivity index (χ1n) is 17.6. The molecule has 2 heterocycles. The first kappa shape index (κ1) is 30.2. The van der Waals surface area contributed by atoms with E-state index in [-0.39, 0.29) is 28.3 Å². The molecule has 5 aliphatic carbocycles. The Balaban J connectivity index is 1.14. The average Bonchev–Trinajstić information content (AvgIpc) is 3.42. The summed E-state index contributed by atoms with van der Waals surface area (Å²) in [6.45, 7) is 17.6. The fourth-order valence-electron chi connectivity index (χ4n) is 13.9. The van der Waals surface area contributed by atoms with Crippen molar-refractivity contribution in [2.24, 2.45) is 44.8 Å². The van der Waals surface area contributed by atoms with Crippen LogP contribution in [0, 0.1) is 58.7 Å². The molecule has 6 nitrogen and oxygen atoms in total. The number of aliphatic hydroxyl groups excluding tert-OH is 2. The molecule has 12 atom stereocenters. The van der Waals surface area contributed by atoms with Gasteiger partial charge in [0, 0.05) is 28.6 Å². The molecule has 6 heteroatoms. The van der Waals surface area contributed by atoms with Gasteiger partial charge in [-0.05, 0) is 132 Å². The van der Waals surface area contributed by atoms with E-state index in [1.807, 2.05) is 0 Å². The van der Waals surface area contributed by atoms with Gasteiger partial charge in [-0.15, -0.1) is 0 Å². The van der Waals surface area contributed by atoms with Gasteiger partial charge in [0.15, 0.2) is 5.79 Å². The van der Waals surface area contributed by atoms with Gasteiger partial charge in [0.1, 0.15) is 17.5 Å². The van der Waals surface area contributed by atoms with Gasteiger partial charge in [-0.2, -0.15) is 0 Å². The van der Waals surface area contributed by atoms with Crippen LogP contribution in [0.25, 0.3) is 0 Å². The Morgan fingerprint density at radius 2 is 1.45 bits per heavy atom. The highest BCUT2D eigenvalue weighted by atomic mass is 16.7. The van der Waals surface area contributed by atoms with E-state index in [0.29, 0.717) is 31.3 Å². The van der Waals surface area contributed by atoms with E-state index >= 15 is 0 Å². The summed E-state index contributed by atoms with van der Waals surface area (Å²) < 4.78 is 20.4. The standard InChI is InChI=1S/C38H56O6/c1-22-17-23(2)19-24(18-22)43-27-11-12-35-20-36(35)14-15-37-21-42-38(32(5,6)41)16-13-33(7,44-38)29(37)28(39)30(40)34(37,8)26(36)10-9-25(35)31(27,3)4/h17-19,25-30,39-41H,9-16,20-21H2,1-8H3/t25?,26?,27?,28?,29-,30?,33?,34-,35-,36+,37+,38+/m1/s1. The highest BCUT2D eigenvalue weighted by molar-refractivity contribution is 5.36. The Morgan fingerprint density at radius 1 is 0.818 bits per heavy atom.